The van der Waals surface area contributed by atoms with Crippen molar-refractivity contribution < 1.29 is 0 Å². The van der Waals surface area contributed by atoms with E-state index in [1.807, 2.05) is 6.07 Å². The third-order valence-corrected chi connectivity index (χ3v) is 7.09. The summed E-state index contributed by atoms with van der Waals surface area (Å²) in [5.41, 5.74) is 1.94. The number of rotatable bonds is 3. The van der Waals surface area contributed by atoms with Gasteiger partial charge in [0.25, 0.3) is 5.56 Å². The van der Waals surface area contributed by atoms with Crippen LogP contribution in [0.25, 0.3) is 0 Å². The van der Waals surface area contributed by atoms with Crippen molar-refractivity contribution in [2.75, 3.05) is 17.3 Å². The molecule has 0 radical (unpaired) electrons. The summed E-state index contributed by atoms with van der Waals surface area (Å²) in [5.74, 6) is 0.956. The summed E-state index contributed by atoms with van der Waals surface area (Å²) in [6, 6.07) is 10.6. The van der Waals surface area contributed by atoms with Crippen LogP contribution in [0.5, 0.6) is 0 Å². The SMILES string of the molecule is C[C@H](c1ccccc1)N1CNc2c(c(=O)nc3n2C[C@@H](CBr)S3)C1. The van der Waals surface area contributed by atoms with Crippen molar-refractivity contribution >= 4 is 33.5 Å². The average Bonchev–Trinajstić information content (AvgIpc) is 3.05. The second kappa shape index (κ2) is 6.54. The van der Waals surface area contributed by atoms with E-state index in [2.05, 4.69) is 66.9 Å². The Hall–Kier alpha value is -1.31. The van der Waals surface area contributed by atoms with E-state index >= 15 is 0 Å². The van der Waals surface area contributed by atoms with Crippen molar-refractivity contribution in [2.24, 2.45) is 0 Å². The predicted octanol–water partition coefficient (Wildman–Crippen LogP) is 3.06. The van der Waals surface area contributed by atoms with Crippen LogP contribution in [0.4, 0.5) is 5.82 Å². The highest BCUT2D eigenvalue weighted by Gasteiger charge is 2.31. The Morgan fingerprint density at radius 2 is 2.21 bits per heavy atom. The fraction of sp³-hybridized carbons (Fsp3) is 0.412. The lowest BCUT2D eigenvalue weighted by molar-refractivity contribution is 0.206. The topological polar surface area (TPSA) is 50.2 Å². The molecule has 0 amide bonds. The molecule has 2 aliphatic rings. The molecule has 2 atom stereocenters. The van der Waals surface area contributed by atoms with Crippen molar-refractivity contribution in [3.05, 3.63) is 51.8 Å². The molecule has 1 aromatic carbocycles. The number of hydrogen-bond acceptors (Lipinski definition) is 5. The molecule has 0 bridgehead atoms. The van der Waals surface area contributed by atoms with Crippen molar-refractivity contribution in [2.45, 2.75) is 36.5 Å². The quantitative estimate of drug-likeness (QED) is 0.626. The number of fused-ring (bicyclic) bond motifs is 3. The van der Waals surface area contributed by atoms with Crippen LogP contribution in [0.1, 0.15) is 24.1 Å². The zero-order chi connectivity index (χ0) is 16.7. The lowest BCUT2D eigenvalue weighted by atomic mass is 10.1. The molecule has 0 spiro atoms. The first-order valence-corrected chi connectivity index (χ1v) is 10.1. The highest BCUT2D eigenvalue weighted by atomic mass is 79.9. The zero-order valence-corrected chi connectivity index (χ0v) is 15.8. The minimum Gasteiger partial charge on any atom is -0.358 e. The molecule has 7 heteroatoms. The van der Waals surface area contributed by atoms with E-state index in [1.165, 1.54) is 5.56 Å². The molecule has 1 aromatic heterocycles. The van der Waals surface area contributed by atoms with Crippen molar-refractivity contribution in [1.29, 1.82) is 0 Å². The maximum Gasteiger partial charge on any atom is 0.280 e. The minimum absolute atomic E-state index is 0.101. The van der Waals surface area contributed by atoms with Gasteiger partial charge in [0.2, 0.25) is 0 Å². The molecule has 0 aliphatic carbocycles. The van der Waals surface area contributed by atoms with Gasteiger partial charge in [-0.25, -0.2) is 0 Å². The minimum atomic E-state index is -0.101. The molecule has 0 fully saturated rings. The number of aromatic nitrogens is 2. The monoisotopic (exact) mass is 406 g/mol. The normalized spacial score (nSPS) is 21.0. The molecule has 2 aromatic rings. The molecule has 3 heterocycles. The third kappa shape index (κ3) is 2.78. The Morgan fingerprint density at radius 3 is 2.96 bits per heavy atom. The summed E-state index contributed by atoms with van der Waals surface area (Å²) >= 11 is 5.21. The molecule has 2 aliphatic heterocycles. The van der Waals surface area contributed by atoms with E-state index in [9.17, 15) is 4.79 Å². The zero-order valence-electron chi connectivity index (χ0n) is 13.4. The van der Waals surface area contributed by atoms with Gasteiger partial charge >= 0.3 is 0 Å². The number of benzene rings is 1. The van der Waals surface area contributed by atoms with Gasteiger partial charge < -0.3 is 9.88 Å². The standard InChI is InChI=1S/C17H19BrN4OS/c1-11(12-5-3-2-4-6-12)21-9-14-15(19-10-21)22-8-13(7-18)24-17(22)20-16(14)23/h2-6,11,13,19H,7-10H2,1H3/t11-,13-/m1/s1. The van der Waals surface area contributed by atoms with E-state index < -0.39 is 0 Å². The van der Waals surface area contributed by atoms with Gasteiger partial charge in [0.1, 0.15) is 5.82 Å². The summed E-state index contributed by atoms with van der Waals surface area (Å²) in [6.07, 6.45) is 0. The van der Waals surface area contributed by atoms with Gasteiger partial charge in [-0.2, -0.15) is 4.98 Å². The summed E-state index contributed by atoms with van der Waals surface area (Å²) in [6.45, 7) is 4.43. The van der Waals surface area contributed by atoms with Crippen LogP contribution >= 0.6 is 27.7 Å². The van der Waals surface area contributed by atoms with Crippen molar-refractivity contribution in [3.8, 4) is 0 Å². The Balaban J connectivity index is 1.64. The summed E-state index contributed by atoms with van der Waals surface area (Å²) in [5, 5.41) is 5.64. The van der Waals surface area contributed by atoms with Crippen molar-refractivity contribution in [3.63, 3.8) is 0 Å². The molecule has 5 nitrogen and oxygen atoms in total. The number of thioether (sulfide) groups is 1. The Kier molecular flexibility index (Phi) is 4.40. The molecule has 24 heavy (non-hydrogen) atoms. The van der Waals surface area contributed by atoms with Crippen LogP contribution in [-0.4, -0.2) is 31.7 Å². The second-order valence-electron chi connectivity index (χ2n) is 6.20. The fourth-order valence-corrected chi connectivity index (χ4v) is 4.92. The van der Waals surface area contributed by atoms with Gasteiger partial charge in [-0.3, -0.25) is 9.69 Å². The highest BCUT2D eigenvalue weighted by Crippen LogP contribution is 2.36. The van der Waals surface area contributed by atoms with Gasteiger partial charge in [-0.15, -0.1) is 0 Å². The predicted molar refractivity (Wildman–Crippen MR) is 101 cm³/mol. The second-order valence-corrected chi connectivity index (χ2v) is 8.11. The molecule has 4 rings (SSSR count). The summed E-state index contributed by atoms with van der Waals surface area (Å²) in [7, 11) is 0. The van der Waals surface area contributed by atoms with Crippen molar-refractivity contribution in [1.82, 2.24) is 14.5 Å². The van der Waals surface area contributed by atoms with Gasteiger partial charge in [0, 0.05) is 29.7 Å². The number of halogens is 1. The first kappa shape index (κ1) is 16.2. The van der Waals surface area contributed by atoms with Gasteiger partial charge in [-0.1, -0.05) is 58.0 Å². The summed E-state index contributed by atoms with van der Waals surface area (Å²) < 4.78 is 2.16. The van der Waals surface area contributed by atoms with E-state index in [-0.39, 0.29) is 11.6 Å². The molecule has 0 unspecified atom stereocenters. The van der Waals surface area contributed by atoms with Gasteiger partial charge in [-0.05, 0) is 12.5 Å². The lowest BCUT2D eigenvalue weighted by Gasteiger charge is -2.35. The third-order valence-electron chi connectivity index (χ3n) is 4.71. The van der Waals surface area contributed by atoms with Gasteiger partial charge in [0.05, 0.1) is 12.2 Å². The van der Waals surface area contributed by atoms with E-state index in [0.29, 0.717) is 11.8 Å². The Bertz CT molecular complexity index is 810. The maximum atomic E-state index is 12.5. The van der Waals surface area contributed by atoms with E-state index in [1.54, 1.807) is 11.8 Å². The van der Waals surface area contributed by atoms with E-state index in [0.717, 1.165) is 35.1 Å². The fourth-order valence-electron chi connectivity index (χ4n) is 3.30. The first-order chi connectivity index (χ1) is 11.7. The van der Waals surface area contributed by atoms with Crippen LogP contribution in [0.15, 0.2) is 40.3 Å². The van der Waals surface area contributed by atoms with E-state index in [4.69, 9.17) is 0 Å². The number of alkyl halides is 1. The van der Waals surface area contributed by atoms with Crippen LogP contribution in [-0.2, 0) is 13.1 Å². The molecule has 1 N–H and O–H groups in total. The highest BCUT2D eigenvalue weighted by molar-refractivity contribution is 9.09. The van der Waals surface area contributed by atoms with Crippen LogP contribution in [0.3, 0.4) is 0 Å². The molecular weight excluding hydrogens is 388 g/mol. The Labute approximate surface area is 153 Å². The maximum absolute atomic E-state index is 12.5. The lowest BCUT2D eigenvalue weighted by Crippen LogP contribution is -2.40. The smallest absolute Gasteiger partial charge is 0.280 e. The summed E-state index contributed by atoms with van der Waals surface area (Å²) in [4.78, 5) is 19.1. The number of hydrogen-bond donors (Lipinski definition) is 1. The average molecular weight is 407 g/mol. The molecular formula is C17H19BrN4OS. The number of nitrogens with one attached hydrogen (secondary N) is 1. The first-order valence-electron chi connectivity index (χ1n) is 8.06. The largest absolute Gasteiger partial charge is 0.358 e. The van der Waals surface area contributed by atoms with Gasteiger partial charge in [0.15, 0.2) is 5.16 Å². The Morgan fingerprint density at radius 1 is 1.42 bits per heavy atom. The molecule has 0 saturated heterocycles. The molecule has 126 valence electrons. The number of nitrogens with zero attached hydrogens (tertiary/aromatic N) is 3. The van der Waals surface area contributed by atoms with Crippen LogP contribution in [0.2, 0.25) is 0 Å². The van der Waals surface area contributed by atoms with Crippen LogP contribution in [0, 0.1) is 0 Å². The molecule has 0 saturated carbocycles. The van der Waals surface area contributed by atoms with Crippen LogP contribution < -0.4 is 10.9 Å². The number of anilines is 1.